The van der Waals surface area contributed by atoms with Gasteiger partial charge in [0.15, 0.2) is 5.69 Å². The number of likely N-dealkylation sites (tertiary alicyclic amines) is 1. The van der Waals surface area contributed by atoms with Crippen molar-refractivity contribution in [2.45, 2.75) is 76.3 Å². The van der Waals surface area contributed by atoms with Gasteiger partial charge in [-0.15, -0.1) is 0 Å². The van der Waals surface area contributed by atoms with Gasteiger partial charge in [-0.1, -0.05) is 32.1 Å². The molecule has 2 bridgehead atoms. The van der Waals surface area contributed by atoms with Gasteiger partial charge in [-0.2, -0.15) is 0 Å². The van der Waals surface area contributed by atoms with E-state index in [-0.39, 0.29) is 29.4 Å². The summed E-state index contributed by atoms with van der Waals surface area (Å²) < 4.78 is 0. The number of carbonyl (C=O) groups excluding carboxylic acids is 2. The predicted molar refractivity (Wildman–Crippen MR) is 113 cm³/mol. The van der Waals surface area contributed by atoms with Crippen LogP contribution in [0.2, 0.25) is 0 Å². The quantitative estimate of drug-likeness (QED) is 0.825. The number of fused-ring (bicyclic) bond motifs is 4. The second-order valence-corrected chi connectivity index (χ2v) is 9.90. The molecule has 1 aromatic rings. The molecule has 0 aromatic carbocycles. The highest BCUT2D eigenvalue weighted by atomic mass is 16.3. The van der Waals surface area contributed by atoms with E-state index in [1.54, 1.807) is 12.3 Å². The van der Waals surface area contributed by atoms with Crippen LogP contribution in [0.4, 0.5) is 0 Å². The largest absolute Gasteiger partial charge is 0.505 e. The van der Waals surface area contributed by atoms with Gasteiger partial charge in [0.05, 0.1) is 0 Å². The Labute approximate surface area is 178 Å². The average molecular weight is 412 g/mol. The number of aromatic nitrogens is 1. The third-order valence-corrected chi connectivity index (χ3v) is 8.07. The molecule has 5 rings (SSSR count). The topological polar surface area (TPSA) is 73.7 Å². The molecule has 3 aliphatic heterocycles. The summed E-state index contributed by atoms with van der Waals surface area (Å²) in [6.07, 6.45) is 13.0. The van der Waals surface area contributed by atoms with E-state index in [9.17, 15) is 14.7 Å². The number of amides is 2. The molecule has 1 saturated carbocycles. The Morgan fingerprint density at radius 3 is 2.70 bits per heavy atom. The molecule has 2 amide bonds. The molecule has 4 aliphatic rings. The predicted octanol–water partition coefficient (Wildman–Crippen LogP) is 3.60. The first-order valence-corrected chi connectivity index (χ1v) is 11.9. The van der Waals surface area contributed by atoms with Gasteiger partial charge in [-0.05, 0) is 55.6 Å². The van der Waals surface area contributed by atoms with Crippen molar-refractivity contribution in [3.05, 3.63) is 24.0 Å². The van der Waals surface area contributed by atoms with Crippen molar-refractivity contribution in [3.8, 4) is 5.75 Å². The maximum atomic E-state index is 13.2. The minimum Gasteiger partial charge on any atom is -0.505 e. The number of carbonyl (C=O) groups is 2. The highest BCUT2D eigenvalue weighted by Gasteiger charge is 2.50. The van der Waals surface area contributed by atoms with E-state index in [2.05, 4.69) is 9.88 Å². The smallest absolute Gasteiger partial charge is 0.276 e. The molecule has 162 valence electrons. The number of aromatic hydroxyl groups is 1. The summed E-state index contributed by atoms with van der Waals surface area (Å²) in [6, 6.07) is 3.69. The Kier molecular flexibility index (Phi) is 5.42. The Morgan fingerprint density at radius 2 is 1.90 bits per heavy atom. The van der Waals surface area contributed by atoms with Crippen LogP contribution in [0, 0.1) is 17.8 Å². The van der Waals surface area contributed by atoms with Crippen LogP contribution in [0.1, 0.15) is 74.7 Å². The lowest BCUT2D eigenvalue weighted by Gasteiger charge is -2.57. The summed E-state index contributed by atoms with van der Waals surface area (Å²) in [6.45, 7) is 1.33. The van der Waals surface area contributed by atoms with Gasteiger partial charge in [0.25, 0.3) is 5.91 Å². The summed E-state index contributed by atoms with van der Waals surface area (Å²) in [5.41, 5.74) is 0.151. The molecule has 6 nitrogen and oxygen atoms in total. The fourth-order valence-electron chi connectivity index (χ4n) is 6.72. The zero-order valence-corrected chi connectivity index (χ0v) is 17.7. The number of pyridine rings is 1. The molecule has 0 radical (unpaired) electrons. The van der Waals surface area contributed by atoms with E-state index in [1.165, 1.54) is 38.2 Å². The minimum atomic E-state index is -0.171. The van der Waals surface area contributed by atoms with E-state index >= 15 is 0 Å². The second-order valence-electron chi connectivity index (χ2n) is 9.90. The molecule has 0 spiro atoms. The first-order chi connectivity index (χ1) is 14.6. The van der Waals surface area contributed by atoms with Gasteiger partial charge >= 0.3 is 0 Å². The summed E-state index contributed by atoms with van der Waals surface area (Å²) in [7, 11) is 0. The molecule has 4 fully saturated rings. The van der Waals surface area contributed by atoms with Crippen molar-refractivity contribution in [2.24, 2.45) is 17.8 Å². The fourth-order valence-corrected chi connectivity index (χ4v) is 6.72. The molecule has 30 heavy (non-hydrogen) atoms. The van der Waals surface area contributed by atoms with Crippen LogP contribution in [0.5, 0.6) is 5.75 Å². The van der Waals surface area contributed by atoms with Crippen molar-refractivity contribution < 1.29 is 14.7 Å². The third kappa shape index (κ3) is 3.58. The van der Waals surface area contributed by atoms with Crippen LogP contribution in [0.15, 0.2) is 18.3 Å². The highest BCUT2D eigenvalue weighted by Crippen LogP contribution is 2.45. The first kappa shape index (κ1) is 19.8. The van der Waals surface area contributed by atoms with Crippen molar-refractivity contribution in [2.75, 3.05) is 13.1 Å². The Bertz CT molecular complexity index is 807. The number of rotatable bonds is 3. The highest BCUT2D eigenvalue weighted by molar-refractivity contribution is 5.94. The first-order valence-electron chi connectivity index (χ1n) is 11.9. The molecule has 0 unspecified atom stereocenters. The van der Waals surface area contributed by atoms with Gasteiger partial charge in [0.2, 0.25) is 5.91 Å². The molecular formula is C24H33N3O3. The summed E-state index contributed by atoms with van der Waals surface area (Å²) in [4.78, 5) is 34.5. The number of piperidine rings is 3. The fraction of sp³-hybridized carbons (Fsp3) is 0.708. The molecule has 6 heteroatoms. The standard InChI is InChI=1S/C24H33N3O3/c28-21-9-5-11-25-23(21)24(30)26-14-17-13-18(15-26)20(12-16-6-2-1-3-7-16)27-19(17)8-4-10-22(27)29/h5,9,11,16-20,28H,1-4,6-8,10,12-15H2/t17-,18+,19+,20+/m1/s1. The van der Waals surface area contributed by atoms with Gasteiger partial charge in [0, 0.05) is 37.8 Å². The summed E-state index contributed by atoms with van der Waals surface area (Å²) >= 11 is 0. The normalized spacial score (nSPS) is 32.1. The molecule has 3 saturated heterocycles. The van der Waals surface area contributed by atoms with Crippen molar-refractivity contribution >= 4 is 11.8 Å². The lowest BCUT2D eigenvalue weighted by Crippen LogP contribution is -2.65. The van der Waals surface area contributed by atoms with E-state index in [1.807, 2.05) is 4.90 Å². The maximum Gasteiger partial charge on any atom is 0.276 e. The summed E-state index contributed by atoms with van der Waals surface area (Å²) in [5.74, 6) is 1.50. The number of hydrogen-bond donors (Lipinski definition) is 1. The van der Waals surface area contributed by atoms with Gasteiger partial charge in [-0.25, -0.2) is 4.98 Å². The SMILES string of the molecule is O=C(c1ncccc1O)N1C[C@H]2C[C@@H](C1)[C@H](CC1CCCCC1)N1C(=O)CCC[C@@H]21. The van der Waals surface area contributed by atoms with Crippen LogP contribution >= 0.6 is 0 Å². The lowest BCUT2D eigenvalue weighted by atomic mass is 9.69. The molecule has 1 N–H and O–H groups in total. The maximum absolute atomic E-state index is 13.2. The number of nitrogens with zero attached hydrogens (tertiary/aromatic N) is 3. The van der Waals surface area contributed by atoms with Gasteiger partial charge < -0.3 is 14.9 Å². The third-order valence-electron chi connectivity index (χ3n) is 8.07. The second kappa shape index (κ2) is 8.20. The molecule has 1 aromatic heterocycles. The van der Waals surface area contributed by atoms with Crippen LogP contribution in [-0.4, -0.2) is 56.9 Å². The van der Waals surface area contributed by atoms with Crippen LogP contribution in [0.3, 0.4) is 0 Å². The van der Waals surface area contributed by atoms with E-state index in [4.69, 9.17) is 0 Å². The van der Waals surface area contributed by atoms with Gasteiger partial charge in [0.1, 0.15) is 5.75 Å². The average Bonchev–Trinajstić information content (AvgIpc) is 2.77. The Hall–Kier alpha value is -2.11. The van der Waals surface area contributed by atoms with Crippen molar-refractivity contribution in [3.63, 3.8) is 0 Å². The minimum absolute atomic E-state index is 0.0496. The van der Waals surface area contributed by atoms with E-state index in [0.717, 1.165) is 25.7 Å². The lowest BCUT2D eigenvalue weighted by molar-refractivity contribution is -0.153. The molecule has 4 atom stereocenters. The molecular weight excluding hydrogens is 378 g/mol. The Balaban J connectivity index is 1.40. The molecule has 4 heterocycles. The zero-order valence-electron chi connectivity index (χ0n) is 17.7. The van der Waals surface area contributed by atoms with Crippen molar-refractivity contribution in [1.82, 2.24) is 14.8 Å². The van der Waals surface area contributed by atoms with Gasteiger partial charge in [-0.3, -0.25) is 9.59 Å². The van der Waals surface area contributed by atoms with Crippen LogP contribution in [0.25, 0.3) is 0 Å². The molecule has 1 aliphatic carbocycles. The van der Waals surface area contributed by atoms with E-state index in [0.29, 0.717) is 43.2 Å². The number of hydrogen-bond acceptors (Lipinski definition) is 4. The summed E-state index contributed by atoms with van der Waals surface area (Å²) in [5, 5.41) is 10.1. The monoisotopic (exact) mass is 411 g/mol. The van der Waals surface area contributed by atoms with E-state index < -0.39 is 0 Å². The Morgan fingerprint density at radius 1 is 1.10 bits per heavy atom. The van der Waals surface area contributed by atoms with Crippen LogP contribution in [-0.2, 0) is 4.79 Å². The van der Waals surface area contributed by atoms with Crippen molar-refractivity contribution in [1.29, 1.82) is 0 Å². The van der Waals surface area contributed by atoms with Crippen LogP contribution < -0.4 is 0 Å². The zero-order chi connectivity index (χ0) is 20.7.